The maximum atomic E-state index is 10.3. The van der Waals surface area contributed by atoms with Crippen molar-refractivity contribution < 1.29 is 5.11 Å². The van der Waals surface area contributed by atoms with Crippen molar-refractivity contribution in [2.45, 2.75) is 51.7 Å². The molecule has 0 saturated heterocycles. The average molecular weight is 185 g/mol. The molecular weight excluding hydrogens is 162 g/mol. The van der Waals surface area contributed by atoms with Crippen LogP contribution in [0.25, 0.3) is 0 Å². The fourth-order valence-electron chi connectivity index (χ4n) is 2.84. The smallest absolute Gasteiger partial charge is 0.0800 e. The van der Waals surface area contributed by atoms with Gasteiger partial charge in [-0.3, -0.25) is 0 Å². The molecule has 1 fully saturated rings. The fraction of sp³-hybridized carbons (Fsp3) is 1.00. The molecule has 0 radical (unpaired) electrons. The second-order valence-electron chi connectivity index (χ2n) is 5.12. The molecule has 3 unspecified atom stereocenters. The van der Waals surface area contributed by atoms with E-state index in [1.54, 1.807) is 0 Å². The quantitative estimate of drug-likeness (QED) is 0.687. The zero-order valence-corrected chi connectivity index (χ0v) is 9.52. The lowest BCUT2D eigenvalue weighted by atomic mass is 9.75. The Kier molecular flexibility index (Phi) is 2.75. The fourth-order valence-corrected chi connectivity index (χ4v) is 2.84. The van der Waals surface area contributed by atoms with Crippen molar-refractivity contribution in [1.29, 1.82) is 0 Å². The van der Waals surface area contributed by atoms with Gasteiger partial charge in [0.2, 0.25) is 0 Å². The number of hydrogen-bond acceptors (Lipinski definition) is 2. The molecule has 13 heavy (non-hydrogen) atoms. The van der Waals surface area contributed by atoms with Crippen LogP contribution in [0.5, 0.6) is 0 Å². The second-order valence-corrected chi connectivity index (χ2v) is 5.12. The number of rotatable bonds is 2. The molecule has 3 atom stereocenters. The number of nitrogens with one attached hydrogen (secondary N) is 1. The van der Waals surface area contributed by atoms with Crippen molar-refractivity contribution in [2.75, 3.05) is 7.05 Å². The third kappa shape index (κ3) is 1.50. The minimum Gasteiger partial charge on any atom is -0.388 e. The highest BCUT2D eigenvalue weighted by Gasteiger charge is 2.53. The summed E-state index contributed by atoms with van der Waals surface area (Å²) in [5.41, 5.74) is -0.683. The number of aliphatic hydroxyl groups is 1. The summed E-state index contributed by atoms with van der Waals surface area (Å²) in [5.74, 6) is 1.21. The highest BCUT2D eigenvalue weighted by atomic mass is 16.3. The van der Waals surface area contributed by atoms with Crippen LogP contribution in [-0.2, 0) is 0 Å². The van der Waals surface area contributed by atoms with Gasteiger partial charge in [0, 0.05) is 5.54 Å². The normalized spacial score (nSPS) is 45.9. The van der Waals surface area contributed by atoms with Crippen molar-refractivity contribution in [3.8, 4) is 0 Å². The first kappa shape index (κ1) is 11.0. The Hall–Kier alpha value is -0.0800. The van der Waals surface area contributed by atoms with Gasteiger partial charge >= 0.3 is 0 Å². The Bertz CT molecular complexity index is 189. The van der Waals surface area contributed by atoms with Gasteiger partial charge in [-0.05, 0) is 45.6 Å². The third-order valence-corrected chi connectivity index (χ3v) is 4.13. The largest absolute Gasteiger partial charge is 0.388 e. The molecule has 0 heterocycles. The molecule has 1 rings (SSSR count). The van der Waals surface area contributed by atoms with E-state index < -0.39 is 5.60 Å². The van der Waals surface area contributed by atoms with E-state index in [2.05, 4.69) is 26.1 Å². The van der Waals surface area contributed by atoms with Crippen molar-refractivity contribution in [2.24, 2.45) is 11.8 Å². The summed E-state index contributed by atoms with van der Waals surface area (Å²) in [6, 6.07) is 0. The molecule has 0 amide bonds. The van der Waals surface area contributed by atoms with Crippen molar-refractivity contribution >= 4 is 0 Å². The van der Waals surface area contributed by atoms with Gasteiger partial charge in [0.05, 0.1) is 5.60 Å². The van der Waals surface area contributed by atoms with Crippen LogP contribution < -0.4 is 5.32 Å². The number of likely N-dealkylation sites (N-methyl/N-ethyl adjacent to an activating group) is 1. The zero-order valence-electron chi connectivity index (χ0n) is 9.52. The first-order chi connectivity index (χ1) is 5.85. The zero-order chi connectivity index (χ0) is 10.3. The summed E-state index contributed by atoms with van der Waals surface area (Å²) in [5, 5.41) is 13.6. The summed E-state index contributed by atoms with van der Waals surface area (Å²) in [7, 11) is 1.95. The Labute approximate surface area is 81.7 Å². The predicted molar refractivity (Wildman–Crippen MR) is 55.7 cm³/mol. The maximum absolute atomic E-state index is 10.3. The van der Waals surface area contributed by atoms with E-state index in [9.17, 15) is 5.11 Å². The lowest BCUT2D eigenvalue weighted by Gasteiger charge is -2.42. The summed E-state index contributed by atoms with van der Waals surface area (Å²) in [6.07, 6.45) is 2.04. The molecule has 78 valence electrons. The van der Waals surface area contributed by atoms with Crippen LogP contribution in [0.2, 0.25) is 0 Å². The van der Waals surface area contributed by atoms with Crippen LogP contribution in [0.15, 0.2) is 0 Å². The number of hydrogen-bond donors (Lipinski definition) is 2. The van der Waals surface area contributed by atoms with E-state index >= 15 is 0 Å². The Morgan fingerprint density at radius 2 is 1.92 bits per heavy atom. The molecule has 2 N–H and O–H groups in total. The van der Waals surface area contributed by atoms with E-state index in [0.717, 1.165) is 12.8 Å². The van der Waals surface area contributed by atoms with Crippen LogP contribution in [0, 0.1) is 11.8 Å². The topological polar surface area (TPSA) is 32.3 Å². The minimum absolute atomic E-state index is 0.124. The van der Waals surface area contributed by atoms with Crippen LogP contribution in [0.4, 0.5) is 0 Å². The predicted octanol–water partition coefficient (Wildman–Crippen LogP) is 1.78. The molecule has 0 aromatic heterocycles. The summed E-state index contributed by atoms with van der Waals surface area (Å²) < 4.78 is 0. The van der Waals surface area contributed by atoms with Crippen molar-refractivity contribution in [3.05, 3.63) is 0 Å². The summed E-state index contributed by atoms with van der Waals surface area (Å²) in [4.78, 5) is 0. The summed E-state index contributed by atoms with van der Waals surface area (Å²) >= 11 is 0. The van der Waals surface area contributed by atoms with Crippen LogP contribution in [0.1, 0.15) is 40.5 Å². The summed E-state index contributed by atoms with van der Waals surface area (Å²) in [6.45, 7) is 8.57. The Balaban J connectivity index is 2.93. The molecule has 1 aliphatic carbocycles. The highest BCUT2D eigenvalue weighted by Crippen LogP contribution is 2.46. The molecule has 0 aliphatic heterocycles. The van der Waals surface area contributed by atoms with Gasteiger partial charge < -0.3 is 10.4 Å². The molecular formula is C11H23NO. The molecule has 1 saturated carbocycles. The maximum Gasteiger partial charge on any atom is 0.0800 e. The molecule has 2 heteroatoms. The standard InChI is InChI=1S/C11H23NO/c1-8(2)9-6-7-10(3,13)11(9,4)12-5/h8-9,12-13H,6-7H2,1-5H3. The van der Waals surface area contributed by atoms with E-state index in [0.29, 0.717) is 11.8 Å². The van der Waals surface area contributed by atoms with Gasteiger partial charge in [0.15, 0.2) is 0 Å². The van der Waals surface area contributed by atoms with Gasteiger partial charge in [-0.2, -0.15) is 0 Å². The molecule has 0 aromatic carbocycles. The highest BCUT2D eigenvalue weighted by molar-refractivity contribution is 5.09. The second kappa shape index (κ2) is 3.25. The van der Waals surface area contributed by atoms with E-state index in [4.69, 9.17) is 0 Å². The molecule has 0 bridgehead atoms. The van der Waals surface area contributed by atoms with E-state index in [1.165, 1.54) is 0 Å². The van der Waals surface area contributed by atoms with Crippen LogP contribution in [0.3, 0.4) is 0 Å². The minimum atomic E-state index is -0.559. The van der Waals surface area contributed by atoms with Crippen LogP contribution in [-0.4, -0.2) is 23.3 Å². The molecule has 0 spiro atoms. The first-order valence-corrected chi connectivity index (χ1v) is 5.26. The van der Waals surface area contributed by atoms with Gasteiger partial charge in [-0.15, -0.1) is 0 Å². The van der Waals surface area contributed by atoms with Gasteiger partial charge in [0.25, 0.3) is 0 Å². The van der Waals surface area contributed by atoms with Gasteiger partial charge in [-0.1, -0.05) is 13.8 Å². The van der Waals surface area contributed by atoms with Gasteiger partial charge in [0.1, 0.15) is 0 Å². The van der Waals surface area contributed by atoms with Crippen molar-refractivity contribution in [1.82, 2.24) is 5.32 Å². The molecule has 2 nitrogen and oxygen atoms in total. The van der Waals surface area contributed by atoms with E-state index in [-0.39, 0.29) is 5.54 Å². The third-order valence-electron chi connectivity index (χ3n) is 4.13. The first-order valence-electron chi connectivity index (χ1n) is 5.26. The SMILES string of the molecule is CNC1(C)C(C(C)C)CCC1(C)O. The Morgan fingerprint density at radius 3 is 2.23 bits per heavy atom. The van der Waals surface area contributed by atoms with E-state index in [1.807, 2.05) is 14.0 Å². The lowest BCUT2D eigenvalue weighted by molar-refractivity contribution is -0.0228. The van der Waals surface area contributed by atoms with Gasteiger partial charge in [-0.25, -0.2) is 0 Å². The molecule has 0 aromatic rings. The lowest BCUT2D eigenvalue weighted by Crippen LogP contribution is -2.59. The van der Waals surface area contributed by atoms with Crippen molar-refractivity contribution in [3.63, 3.8) is 0 Å². The molecule has 1 aliphatic rings. The monoisotopic (exact) mass is 185 g/mol. The average Bonchev–Trinajstić information content (AvgIpc) is 2.25. The van der Waals surface area contributed by atoms with Crippen LogP contribution >= 0.6 is 0 Å². The Morgan fingerprint density at radius 1 is 1.38 bits per heavy atom.